The fraction of sp³-hybridized carbons (Fsp3) is 0.611. The molecule has 0 spiro atoms. The van der Waals surface area contributed by atoms with Crippen LogP contribution in [0.25, 0.3) is 0 Å². The van der Waals surface area contributed by atoms with Crippen LogP contribution in [-0.4, -0.2) is 17.1 Å². The van der Waals surface area contributed by atoms with Gasteiger partial charge in [-0.15, -0.1) is 0 Å². The molecule has 122 valence electrons. The lowest BCUT2D eigenvalue weighted by Gasteiger charge is -2.30. The molecule has 2 unspecified atom stereocenters. The zero-order valence-electron chi connectivity index (χ0n) is 13.8. The Labute approximate surface area is 132 Å². The summed E-state index contributed by atoms with van der Waals surface area (Å²) in [7, 11) is 0. The van der Waals surface area contributed by atoms with Crippen LogP contribution in [0.4, 0.5) is 0 Å². The Balaban J connectivity index is 1.79. The number of furan rings is 1. The van der Waals surface area contributed by atoms with Crippen LogP contribution in [0, 0.1) is 5.41 Å². The van der Waals surface area contributed by atoms with E-state index in [0.717, 1.165) is 25.7 Å². The molecule has 1 aromatic heterocycles. The summed E-state index contributed by atoms with van der Waals surface area (Å²) in [5.74, 6) is 0.475. The number of carbonyl (C=O) groups is 1. The Morgan fingerprint density at radius 3 is 2.73 bits per heavy atom. The van der Waals surface area contributed by atoms with Crippen LogP contribution in [0.15, 0.2) is 34.5 Å². The second-order valence-corrected chi connectivity index (χ2v) is 7.14. The van der Waals surface area contributed by atoms with Crippen LogP contribution in [-0.2, 0) is 4.79 Å². The molecule has 4 heteroatoms. The van der Waals surface area contributed by atoms with Gasteiger partial charge in [-0.1, -0.05) is 19.4 Å². The normalized spacial score (nSPS) is 20.3. The molecule has 2 atom stereocenters. The lowest BCUT2D eigenvalue weighted by atomic mass is 9.75. The first-order valence-corrected chi connectivity index (χ1v) is 8.07. The molecule has 0 bridgehead atoms. The minimum atomic E-state index is -0.687. The van der Waals surface area contributed by atoms with E-state index in [0.29, 0.717) is 17.6 Å². The third-order valence-corrected chi connectivity index (χ3v) is 4.42. The number of carbonyl (C=O) groups excluding carboxylic acids is 1. The smallest absolute Gasteiger partial charge is 0.244 e. The standard InChI is InChI=1S/C18H27NO3/c1-13(11-15(20)16-5-4-10-22-16)19-17(21)12-14-6-8-18(2,3)9-7-14/h4-5,10,12-13,15,20H,6-9,11H2,1-3H3,(H,19,21). The van der Waals surface area contributed by atoms with Crippen LogP contribution >= 0.6 is 0 Å². The molecule has 2 rings (SSSR count). The molecule has 4 nitrogen and oxygen atoms in total. The zero-order valence-corrected chi connectivity index (χ0v) is 13.8. The summed E-state index contributed by atoms with van der Waals surface area (Å²) in [5, 5.41) is 12.9. The SMILES string of the molecule is CC(CC(O)c1ccco1)NC(=O)C=C1CCC(C)(C)CC1. The summed E-state index contributed by atoms with van der Waals surface area (Å²) in [6.07, 6.45) is 7.32. The molecular weight excluding hydrogens is 278 g/mol. The largest absolute Gasteiger partial charge is 0.467 e. The fourth-order valence-electron chi connectivity index (χ4n) is 2.85. The van der Waals surface area contributed by atoms with E-state index in [9.17, 15) is 9.90 Å². The van der Waals surface area contributed by atoms with E-state index in [1.54, 1.807) is 18.2 Å². The van der Waals surface area contributed by atoms with E-state index < -0.39 is 6.10 Å². The Kier molecular flexibility index (Phi) is 5.46. The maximum Gasteiger partial charge on any atom is 0.244 e. The van der Waals surface area contributed by atoms with E-state index in [2.05, 4.69) is 19.2 Å². The van der Waals surface area contributed by atoms with Crippen molar-refractivity contribution in [2.75, 3.05) is 0 Å². The van der Waals surface area contributed by atoms with Gasteiger partial charge in [-0.05, 0) is 50.2 Å². The zero-order chi connectivity index (χ0) is 16.2. The van der Waals surface area contributed by atoms with Gasteiger partial charge in [0.1, 0.15) is 11.9 Å². The van der Waals surface area contributed by atoms with Gasteiger partial charge in [-0.3, -0.25) is 4.79 Å². The highest BCUT2D eigenvalue weighted by Crippen LogP contribution is 2.37. The van der Waals surface area contributed by atoms with Gasteiger partial charge >= 0.3 is 0 Å². The molecule has 0 radical (unpaired) electrons. The molecular formula is C18H27NO3. The van der Waals surface area contributed by atoms with Gasteiger partial charge in [0.25, 0.3) is 0 Å². The molecule has 1 amide bonds. The van der Waals surface area contributed by atoms with E-state index in [-0.39, 0.29) is 11.9 Å². The van der Waals surface area contributed by atoms with Crippen molar-refractivity contribution in [2.45, 2.75) is 65.0 Å². The van der Waals surface area contributed by atoms with Crippen molar-refractivity contribution in [1.29, 1.82) is 0 Å². The van der Waals surface area contributed by atoms with Crippen LogP contribution in [0.2, 0.25) is 0 Å². The molecule has 1 fully saturated rings. The van der Waals surface area contributed by atoms with Crippen molar-refractivity contribution >= 4 is 5.91 Å². The lowest BCUT2D eigenvalue weighted by molar-refractivity contribution is -0.117. The summed E-state index contributed by atoms with van der Waals surface area (Å²) in [6, 6.07) is 3.38. The van der Waals surface area contributed by atoms with Gasteiger partial charge in [-0.25, -0.2) is 0 Å². The average Bonchev–Trinajstić information content (AvgIpc) is 2.95. The highest BCUT2D eigenvalue weighted by Gasteiger charge is 2.24. The number of hydrogen-bond acceptors (Lipinski definition) is 3. The second-order valence-electron chi connectivity index (χ2n) is 7.14. The first kappa shape index (κ1) is 16.8. The van der Waals surface area contributed by atoms with Crippen molar-refractivity contribution < 1.29 is 14.3 Å². The first-order chi connectivity index (χ1) is 10.4. The monoisotopic (exact) mass is 305 g/mol. The van der Waals surface area contributed by atoms with Crippen LogP contribution in [0.5, 0.6) is 0 Å². The highest BCUT2D eigenvalue weighted by molar-refractivity contribution is 5.88. The summed E-state index contributed by atoms with van der Waals surface area (Å²) in [5.41, 5.74) is 1.63. The molecule has 2 N–H and O–H groups in total. The van der Waals surface area contributed by atoms with Gasteiger partial charge in [0.05, 0.1) is 6.26 Å². The third-order valence-electron chi connectivity index (χ3n) is 4.42. The molecule has 22 heavy (non-hydrogen) atoms. The lowest BCUT2D eigenvalue weighted by Crippen LogP contribution is -2.33. The number of nitrogens with one attached hydrogen (secondary N) is 1. The average molecular weight is 305 g/mol. The van der Waals surface area contributed by atoms with E-state index in [4.69, 9.17) is 4.42 Å². The molecule has 0 aromatic carbocycles. The van der Waals surface area contributed by atoms with Crippen molar-refractivity contribution in [3.8, 4) is 0 Å². The number of aliphatic hydroxyl groups is 1. The maximum atomic E-state index is 12.1. The molecule has 0 aliphatic heterocycles. The highest BCUT2D eigenvalue weighted by atomic mass is 16.4. The predicted octanol–water partition coefficient (Wildman–Crippen LogP) is 3.73. The Morgan fingerprint density at radius 1 is 1.45 bits per heavy atom. The molecule has 1 saturated carbocycles. The van der Waals surface area contributed by atoms with Gasteiger partial charge in [0.15, 0.2) is 0 Å². The van der Waals surface area contributed by atoms with Crippen molar-refractivity contribution in [1.82, 2.24) is 5.32 Å². The topological polar surface area (TPSA) is 62.5 Å². The fourth-order valence-corrected chi connectivity index (χ4v) is 2.85. The van der Waals surface area contributed by atoms with Crippen LogP contribution < -0.4 is 5.32 Å². The van der Waals surface area contributed by atoms with Gasteiger partial charge in [0, 0.05) is 18.5 Å². The first-order valence-electron chi connectivity index (χ1n) is 8.07. The second kappa shape index (κ2) is 7.14. The van der Waals surface area contributed by atoms with E-state index in [1.807, 2.05) is 6.92 Å². The Bertz CT molecular complexity index is 504. The van der Waals surface area contributed by atoms with E-state index >= 15 is 0 Å². The Hall–Kier alpha value is -1.55. The molecule has 1 heterocycles. The van der Waals surface area contributed by atoms with Gasteiger partial charge in [-0.2, -0.15) is 0 Å². The molecule has 1 aliphatic rings. The third kappa shape index (κ3) is 5.02. The molecule has 1 aliphatic carbocycles. The molecule has 0 saturated heterocycles. The number of aliphatic hydroxyl groups excluding tert-OH is 1. The predicted molar refractivity (Wildman–Crippen MR) is 86.2 cm³/mol. The van der Waals surface area contributed by atoms with Crippen molar-refractivity contribution in [2.24, 2.45) is 5.41 Å². The Morgan fingerprint density at radius 2 is 2.14 bits per heavy atom. The van der Waals surface area contributed by atoms with Crippen LogP contribution in [0.3, 0.4) is 0 Å². The van der Waals surface area contributed by atoms with Crippen molar-refractivity contribution in [3.05, 3.63) is 35.8 Å². The molecule has 1 aromatic rings. The van der Waals surface area contributed by atoms with Gasteiger partial charge in [0.2, 0.25) is 5.91 Å². The summed E-state index contributed by atoms with van der Waals surface area (Å²) < 4.78 is 5.17. The van der Waals surface area contributed by atoms with Crippen LogP contribution in [0.1, 0.15) is 64.7 Å². The maximum absolute atomic E-state index is 12.1. The number of allylic oxidation sites excluding steroid dienone is 1. The van der Waals surface area contributed by atoms with Gasteiger partial charge < -0.3 is 14.8 Å². The number of rotatable bonds is 5. The van der Waals surface area contributed by atoms with E-state index in [1.165, 1.54) is 11.8 Å². The minimum Gasteiger partial charge on any atom is -0.467 e. The van der Waals surface area contributed by atoms with Crippen molar-refractivity contribution in [3.63, 3.8) is 0 Å². The minimum absolute atomic E-state index is 0.0612. The number of amides is 1. The summed E-state index contributed by atoms with van der Waals surface area (Å²) in [6.45, 7) is 6.45. The summed E-state index contributed by atoms with van der Waals surface area (Å²) >= 11 is 0. The number of hydrogen-bond donors (Lipinski definition) is 2. The summed E-state index contributed by atoms with van der Waals surface area (Å²) in [4.78, 5) is 12.1. The quantitative estimate of drug-likeness (QED) is 0.815.